The van der Waals surface area contributed by atoms with Crippen molar-refractivity contribution in [2.24, 2.45) is 0 Å². The maximum atomic E-state index is 5.05. The van der Waals surface area contributed by atoms with Crippen LogP contribution in [0, 0.1) is 0 Å². The second-order valence-corrected chi connectivity index (χ2v) is 5.52. The van der Waals surface area contributed by atoms with E-state index in [2.05, 4.69) is 42.5 Å². The van der Waals surface area contributed by atoms with Crippen molar-refractivity contribution >= 4 is 38.9 Å². The molecule has 2 aromatic carbocycles. The van der Waals surface area contributed by atoms with Crippen LogP contribution >= 0.6 is 24.0 Å². The zero-order valence-corrected chi connectivity index (χ0v) is 10.2. The predicted octanol–water partition coefficient (Wildman–Crippen LogP) is 4.42. The SMILES string of the molecule is CC(=S)SCc1ccc2ccccc2c1. The molecule has 76 valence electrons. The van der Waals surface area contributed by atoms with E-state index in [-0.39, 0.29) is 0 Å². The van der Waals surface area contributed by atoms with Crippen LogP contribution in [0.5, 0.6) is 0 Å². The lowest BCUT2D eigenvalue weighted by molar-refractivity contribution is 1.45. The fraction of sp³-hybridized carbons (Fsp3) is 0.154. The van der Waals surface area contributed by atoms with Gasteiger partial charge in [0.1, 0.15) is 0 Å². The highest BCUT2D eigenvalue weighted by atomic mass is 32.2. The number of thiocarbonyl (C=S) groups is 1. The van der Waals surface area contributed by atoms with E-state index in [1.165, 1.54) is 16.3 Å². The van der Waals surface area contributed by atoms with Gasteiger partial charge < -0.3 is 0 Å². The minimum atomic E-state index is 0.972. The molecular weight excluding hydrogens is 220 g/mol. The van der Waals surface area contributed by atoms with Crippen molar-refractivity contribution in [3.05, 3.63) is 48.0 Å². The number of rotatable bonds is 2. The molecule has 0 bridgehead atoms. The number of hydrogen-bond donors (Lipinski definition) is 0. The quantitative estimate of drug-likeness (QED) is 0.703. The van der Waals surface area contributed by atoms with Gasteiger partial charge in [0.2, 0.25) is 0 Å². The number of benzene rings is 2. The molecule has 2 heteroatoms. The van der Waals surface area contributed by atoms with Gasteiger partial charge in [0, 0.05) is 9.95 Å². The summed E-state index contributed by atoms with van der Waals surface area (Å²) in [5.41, 5.74) is 1.34. The molecule has 15 heavy (non-hydrogen) atoms. The van der Waals surface area contributed by atoms with Gasteiger partial charge in [-0.2, -0.15) is 0 Å². The summed E-state index contributed by atoms with van der Waals surface area (Å²) in [7, 11) is 0. The minimum Gasteiger partial charge on any atom is -0.114 e. The van der Waals surface area contributed by atoms with E-state index in [4.69, 9.17) is 12.2 Å². The molecule has 0 spiro atoms. The lowest BCUT2D eigenvalue weighted by Gasteiger charge is -2.02. The van der Waals surface area contributed by atoms with Crippen molar-refractivity contribution < 1.29 is 0 Å². The molecule has 2 aromatic rings. The van der Waals surface area contributed by atoms with E-state index in [0.717, 1.165) is 9.95 Å². The Morgan fingerprint density at radius 1 is 1.13 bits per heavy atom. The van der Waals surface area contributed by atoms with Gasteiger partial charge in [-0.3, -0.25) is 0 Å². The van der Waals surface area contributed by atoms with Gasteiger partial charge in [-0.05, 0) is 23.3 Å². The van der Waals surface area contributed by atoms with E-state index >= 15 is 0 Å². The van der Waals surface area contributed by atoms with Crippen LogP contribution in [0.3, 0.4) is 0 Å². The third-order valence-electron chi connectivity index (χ3n) is 2.26. The monoisotopic (exact) mass is 232 g/mol. The van der Waals surface area contributed by atoms with Gasteiger partial charge >= 0.3 is 0 Å². The molecule has 0 N–H and O–H groups in total. The summed E-state index contributed by atoms with van der Waals surface area (Å²) >= 11 is 6.78. The van der Waals surface area contributed by atoms with Crippen LogP contribution in [0.25, 0.3) is 10.8 Å². The fourth-order valence-electron chi connectivity index (χ4n) is 1.51. The van der Waals surface area contributed by atoms with Crippen LogP contribution in [-0.2, 0) is 5.75 Å². The van der Waals surface area contributed by atoms with E-state index in [9.17, 15) is 0 Å². The largest absolute Gasteiger partial charge is 0.114 e. The molecule has 0 radical (unpaired) electrons. The Hall–Kier alpha value is -0.860. The maximum Gasteiger partial charge on any atom is 0.0450 e. The molecule has 0 aliphatic heterocycles. The van der Waals surface area contributed by atoms with Crippen LogP contribution in [0.4, 0.5) is 0 Å². The Kier molecular flexibility index (Phi) is 3.39. The molecular formula is C13H12S2. The van der Waals surface area contributed by atoms with E-state index in [0.29, 0.717) is 0 Å². The van der Waals surface area contributed by atoms with Gasteiger partial charge in [0.05, 0.1) is 0 Å². The summed E-state index contributed by atoms with van der Waals surface area (Å²) in [6.45, 7) is 1.97. The molecule has 0 saturated heterocycles. The Bertz CT molecular complexity index is 489. The van der Waals surface area contributed by atoms with E-state index < -0.39 is 0 Å². The van der Waals surface area contributed by atoms with Crippen molar-refractivity contribution in [1.29, 1.82) is 0 Å². The summed E-state index contributed by atoms with van der Waals surface area (Å²) in [6.07, 6.45) is 0. The smallest absolute Gasteiger partial charge is 0.0450 e. The topological polar surface area (TPSA) is 0 Å². The van der Waals surface area contributed by atoms with Crippen molar-refractivity contribution in [3.63, 3.8) is 0 Å². The number of thioether (sulfide) groups is 1. The zero-order valence-electron chi connectivity index (χ0n) is 8.57. The third kappa shape index (κ3) is 2.80. The average Bonchev–Trinajstić information content (AvgIpc) is 2.26. The van der Waals surface area contributed by atoms with Crippen LogP contribution in [0.1, 0.15) is 12.5 Å². The van der Waals surface area contributed by atoms with Gasteiger partial charge in [0.25, 0.3) is 0 Å². The van der Waals surface area contributed by atoms with Crippen molar-refractivity contribution in [1.82, 2.24) is 0 Å². The molecule has 0 amide bonds. The van der Waals surface area contributed by atoms with Crippen LogP contribution in [-0.4, -0.2) is 4.20 Å². The molecule has 0 atom stereocenters. The molecule has 0 fully saturated rings. The molecule has 0 saturated carbocycles. The summed E-state index contributed by atoms with van der Waals surface area (Å²) in [4.78, 5) is 0. The normalized spacial score (nSPS) is 10.5. The molecule has 0 heterocycles. The summed E-state index contributed by atoms with van der Waals surface area (Å²) in [5, 5.41) is 2.60. The fourth-order valence-corrected chi connectivity index (χ4v) is 2.24. The van der Waals surface area contributed by atoms with Crippen molar-refractivity contribution in [2.45, 2.75) is 12.7 Å². The zero-order chi connectivity index (χ0) is 10.7. The van der Waals surface area contributed by atoms with E-state index in [1.54, 1.807) is 11.8 Å². The van der Waals surface area contributed by atoms with Crippen LogP contribution in [0.15, 0.2) is 42.5 Å². The predicted molar refractivity (Wildman–Crippen MR) is 73.5 cm³/mol. The third-order valence-corrected chi connectivity index (χ3v) is 3.49. The highest BCUT2D eigenvalue weighted by Gasteiger charge is 1.97. The average molecular weight is 232 g/mol. The highest BCUT2D eigenvalue weighted by molar-refractivity contribution is 8.22. The van der Waals surface area contributed by atoms with Crippen molar-refractivity contribution in [2.75, 3.05) is 0 Å². The standard InChI is InChI=1S/C13H12S2/c1-10(14)15-9-11-6-7-12-4-2-3-5-13(12)8-11/h2-8H,9H2,1H3. The second-order valence-electron chi connectivity index (χ2n) is 3.46. The number of fused-ring (bicyclic) bond motifs is 1. The van der Waals surface area contributed by atoms with Gasteiger partial charge in [-0.1, -0.05) is 54.7 Å². The van der Waals surface area contributed by atoms with Crippen molar-refractivity contribution in [3.8, 4) is 0 Å². The summed E-state index contributed by atoms with van der Waals surface area (Å²) < 4.78 is 1.00. The second kappa shape index (κ2) is 4.77. The minimum absolute atomic E-state index is 0.972. The maximum absolute atomic E-state index is 5.05. The Labute approximate surface area is 99.7 Å². The lowest BCUT2D eigenvalue weighted by Crippen LogP contribution is -1.84. The molecule has 0 unspecified atom stereocenters. The first-order valence-corrected chi connectivity index (χ1v) is 6.26. The molecule has 0 aromatic heterocycles. The lowest BCUT2D eigenvalue weighted by atomic mass is 10.1. The first-order chi connectivity index (χ1) is 7.25. The Balaban J connectivity index is 2.26. The van der Waals surface area contributed by atoms with Crippen LogP contribution < -0.4 is 0 Å². The van der Waals surface area contributed by atoms with Crippen LogP contribution in [0.2, 0.25) is 0 Å². The molecule has 2 rings (SSSR count). The molecule has 0 aliphatic carbocycles. The van der Waals surface area contributed by atoms with Gasteiger partial charge in [-0.25, -0.2) is 0 Å². The summed E-state index contributed by atoms with van der Waals surface area (Å²) in [6, 6.07) is 15.0. The first-order valence-electron chi connectivity index (χ1n) is 4.87. The Morgan fingerprint density at radius 2 is 1.87 bits per heavy atom. The first kappa shape index (κ1) is 10.7. The summed E-state index contributed by atoms with van der Waals surface area (Å²) in [5.74, 6) is 0.972. The Morgan fingerprint density at radius 3 is 2.60 bits per heavy atom. The molecule has 0 aliphatic rings. The number of hydrogen-bond acceptors (Lipinski definition) is 2. The molecule has 0 nitrogen and oxygen atoms in total. The highest BCUT2D eigenvalue weighted by Crippen LogP contribution is 2.19. The van der Waals surface area contributed by atoms with Gasteiger partial charge in [0.15, 0.2) is 0 Å². The van der Waals surface area contributed by atoms with Gasteiger partial charge in [-0.15, -0.1) is 11.8 Å². The van der Waals surface area contributed by atoms with E-state index in [1.807, 2.05) is 6.92 Å².